The molecule has 1 saturated carbocycles. The minimum atomic E-state index is 0.668. The van der Waals surface area contributed by atoms with Crippen molar-refractivity contribution in [1.82, 2.24) is 25.5 Å². The van der Waals surface area contributed by atoms with Crippen LogP contribution in [0.1, 0.15) is 25.7 Å². The van der Waals surface area contributed by atoms with Crippen LogP contribution in [0, 0.1) is 5.92 Å². The zero-order chi connectivity index (χ0) is 11.7. The summed E-state index contributed by atoms with van der Waals surface area (Å²) in [6.45, 7) is 3.39. The van der Waals surface area contributed by atoms with Crippen LogP contribution >= 0.6 is 0 Å². The van der Waals surface area contributed by atoms with Crippen molar-refractivity contribution in [3.8, 4) is 0 Å². The average molecular weight is 236 g/mol. The van der Waals surface area contributed by atoms with Crippen molar-refractivity contribution in [2.45, 2.75) is 31.7 Å². The highest BCUT2D eigenvalue weighted by molar-refractivity contribution is 5.32. The molecule has 3 rings (SSSR count). The van der Waals surface area contributed by atoms with E-state index in [0.717, 1.165) is 25.0 Å². The van der Waals surface area contributed by atoms with Gasteiger partial charge < -0.3 is 10.2 Å². The molecule has 6 nitrogen and oxygen atoms in total. The number of aryl methyl sites for hydroxylation is 1. The summed E-state index contributed by atoms with van der Waals surface area (Å²) in [5, 5.41) is 15.3. The van der Waals surface area contributed by atoms with E-state index in [1.165, 1.54) is 32.2 Å². The molecule has 1 unspecified atom stereocenters. The fourth-order valence-electron chi connectivity index (χ4n) is 2.61. The zero-order valence-corrected chi connectivity index (χ0v) is 10.3. The molecule has 0 aromatic carbocycles. The smallest absolute Gasteiger partial charge is 0.245 e. The van der Waals surface area contributed by atoms with Crippen LogP contribution in [0.5, 0.6) is 0 Å². The average Bonchev–Trinajstić information content (AvgIpc) is 3.11. The lowest BCUT2D eigenvalue weighted by Gasteiger charge is -2.30. The van der Waals surface area contributed by atoms with Crippen LogP contribution in [-0.4, -0.2) is 45.9 Å². The molecule has 2 fully saturated rings. The molecule has 0 bridgehead atoms. The monoisotopic (exact) mass is 236 g/mol. The molecule has 1 atom stereocenters. The molecular weight excluding hydrogens is 216 g/mol. The van der Waals surface area contributed by atoms with Crippen LogP contribution in [-0.2, 0) is 7.05 Å². The van der Waals surface area contributed by atoms with E-state index in [1.807, 2.05) is 7.05 Å². The summed E-state index contributed by atoms with van der Waals surface area (Å²) in [5.41, 5.74) is 0. The SMILES string of the molecule is Cn1nnnc1N(CC1CCCNC1)C1CC1. The van der Waals surface area contributed by atoms with Crippen LogP contribution in [0.15, 0.2) is 0 Å². The number of nitrogens with one attached hydrogen (secondary N) is 1. The standard InChI is InChI=1S/C11H20N6/c1-16-11(13-14-15-16)17(10-4-5-10)8-9-3-2-6-12-7-9/h9-10,12H,2-8H2,1H3. The number of hydrogen-bond donors (Lipinski definition) is 1. The molecule has 0 spiro atoms. The molecule has 2 aliphatic rings. The Morgan fingerprint density at radius 3 is 2.88 bits per heavy atom. The van der Waals surface area contributed by atoms with E-state index in [4.69, 9.17) is 0 Å². The molecule has 1 saturated heterocycles. The molecule has 17 heavy (non-hydrogen) atoms. The number of hydrogen-bond acceptors (Lipinski definition) is 5. The van der Waals surface area contributed by atoms with E-state index < -0.39 is 0 Å². The molecule has 94 valence electrons. The molecule has 1 aliphatic heterocycles. The van der Waals surface area contributed by atoms with Crippen molar-refractivity contribution in [2.75, 3.05) is 24.5 Å². The highest BCUT2D eigenvalue weighted by Gasteiger charge is 2.33. The van der Waals surface area contributed by atoms with Crippen molar-refractivity contribution >= 4 is 5.95 Å². The van der Waals surface area contributed by atoms with Crippen molar-refractivity contribution in [2.24, 2.45) is 13.0 Å². The van der Waals surface area contributed by atoms with Crippen LogP contribution in [0.4, 0.5) is 5.95 Å². The topological polar surface area (TPSA) is 58.9 Å². The van der Waals surface area contributed by atoms with Gasteiger partial charge in [0.2, 0.25) is 5.95 Å². The lowest BCUT2D eigenvalue weighted by atomic mass is 9.99. The van der Waals surface area contributed by atoms with Crippen LogP contribution in [0.2, 0.25) is 0 Å². The highest BCUT2D eigenvalue weighted by atomic mass is 15.6. The Morgan fingerprint density at radius 1 is 1.41 bits per heavy atom. The first kappa shape index (κ1) is 11.0. The third-order valence-corrected chi connectivity index (χ3v) is 3.70. The van der Waals surface area contributed by atoms with Gasteiger partial charge in [0.15, 0.2) is 0 Å². The van der Waals surface area contributed by atoms with E-state index in [0.29, 0.717) is 6.04 Å². The van der Waals surface area contributed by atoms with Crippen molar-refractivity contribution in [3.05, 3.63) is 0 Å². The summed E-state index contributed by atoms with van der Waals surface area (Å²) in [4.78, 5) is 2.40. The number of rotatable bonds is 4. The Morgan fingerprint density at radius 2 is 2.29 bits per heavy atom. The van der Waals surface area contributed by atoms with Gasteiger partial charge in [-0.2, -0.15) is 0 Å². The molecular formula is C11H20N6. The van der Waals surface area contributed by atoms with Gasteiger partial charge in [-0.3, -0.25) is 0 Å². The van der Waals surface area contributed by atoms with Gasteiger partial charge in [0, 0.05) is 19.6 Å². The molecule has 6 heteroatoms. The van der Waals surface area contributed by atoms with Gasteiger partial charge in [-0.1, -0.05) is 5.10 Å². The maximum atomic E-state index is 4.15. The van der Waals surface area contributed by atoms with Gasteiger partial charge in [-0.25, -0.2) is 4.68 Å². The largest absolute Gasteiger partial charge is 0.336 e. The summed E-state index contributed by atoms with van der Waals surface area (Å²) in [5.74, 6) is 1.67. The molecule has 1 aromatic heterocycles. The summed E-state index contributed by atoms with van der Waals surface area (Å²) >= 11 is 0. The Balaban J connectivity index is 1.69. The van der Waals surface area contributed by atoms with Gasteiger partial charge in [-0.05, 0) is 55.1 Å². The second kappa shape index (κ2) is 4.60. The molecule has 1 aromatic rings. The first-order valence-electron chi connectivity index (χ1n) is 6.54. The minimum Gasteiger partial charge on any atom is -0.336 e. The van der Waals surface area contributed by atoms with E-state index in [9.17, 15) is 0 Å². The van der Waals surface area contributed by atoms with Gasteiger partial charge in [0.05, 0.1) is 0 Å². The highest BCUT2D eigenvalue weighted by Crippen LogP contribution is 2.31. The second-order valence-electron chi connectivity index (χ2n) is 5.20. The molecule has 2 heterocycles. The quantitative estimate of drug-likeness (QED) is 0.808. The molecule has 1 N–H and O–H groups in total. The summed E-state index contributed by atoms with van der Waals surface area (Å²) in [6.07, 6.45) is 5.18. The van der Waals surface area contributed by atoms with Crippen LogP contribution in [0.25, 0.3) is 0 Å². The number of tetrazole rings is 1. The minimum absolute atomic E-state index is 0.668. The third-order valence-electron chi connectivity index (χ3n) is 3.70. The fourth-order valence-corrected chi connectivity index (χ4v) is 2.61. The van der Waals surface area contributed by atoms with Crippen molar-refractivity contribution < 1.29 is 0 Å². The van der Waals surface area contributed by atoms with Crippen molar-refractivity contribution in [1.29, 1.82) is 0 Å². The van der Waals surface area contributed by atoms with Gasteiger partial charge in [0.1, 0.15) is 0 Å². The van der Waals surface area contributed by atoms with Crippen molar-refractivity contribution in [3.63, 3.8) is 0 Å². The molecule has 0 radical (unpaired) electrons. The van der Waals surface area contributed by atoms with E-state index in [1.54, 1.807) is 4.68 Å². The fraction of sp³-hybridized carbons (Fsp3) is 0.909. The number of anilines is 1. The van der Waals surface area contributed by atoms with Gasteiger partial charge in [-0.15, -0.1) is 0 Å². The summed E-state index contributed by atoms with van der Waals surface area (Å²) < 4.78 is 1.79. The van der Waals surface area contributed by atoms with E-state index >= 15 is 0 Å². The number of nitrogens with zero attached hydrogens (tertiary/aromatic N) is 5. The third kappa shape index (κ3) is 2.41. The maximum absolute atomic E-state index is 4.15. The Hall–Kier alpha value is -1.17. The first-order chi connectivity index (χ1) is 8.34. The normalized spacial score (nSPS) is 24.9. The Bertz CT molecular complexity index is 366. The predicted octanol–water partition coefficient (Wildman–Crippen LogP) is 0.178. The Kier molecular flexibility index (Phi) is 2.96. The molecule has 0 amide bonds. The van der Waals surface area contributed by atoms with E-state index in [-0.39, 0.29) is 0 Å². The van der Waals surface area contributed by atoms with Gasteiger partial charge in [0.25, 0.3) is 0 Å². The lowest BCUT2D eigenvalue weighted by Crippen LogP contribution is -2.40. The maximum Gasteiger partial charge on any atom is 0.245 e. The number of aromatic nitrogens is 4. The van der Waals surface area contributed by atoms with Gasteiger partial charge >= 0.3 is 0 Å². The zero-order valence-electron chi connectivity index (χ0n) is 10.3. The number of piperidine rings is 1. The summed E-state index contributed by atoms with van der Waals surface area (Å²) in [6, 6.07) is 0.668. The first-order valence-corrected chi connectivity index (χ1v) is 6.54. The lowest BCUT2D eigenvalue weighted by molar-refractivity contribution is 0.373. The Labute approximate surface area is 101 Å². The van der Waals surface area contributed by atoms with E-state index in [2.05, 4.69) is 25.7 Å². The van der Waals surface area contributed by atoms with Crippen LogP contribution < -0.4 is 10.2 Å². The molecule has 1 aliphatic carbocycles. The predicted molar refractivity (Wildman–Crippen MR) is 64.8 cm³/mol. The van der Waals surface area contributed by atoms with Crippen LogP contribution in [0.3, 0.4) is 0 Å². The summed E-state index contributed by atoms with van der Waals surface area (Å²) in [7, 11) is 1.92. The second-order valence-corrected chi connectivity index (χ2v) is 5.20.